The van der Waals surface area contributed by atoms with E-state index < -0.39 is 21.8 Å². The monoisotopic (exact) mass is 646 g/mol. The number of thiophene rings is 1. The van der Waals surface area contributed by atoms with Gasteiger partial charge in [-0.2, -0.15) is 11.3 Å². The number of rotatable bonds is 6. The Morgan fingerprint density at radius 2 is 1.65 bits per heavy atom. The zero-order valence-electron chi connectivity index (χ0n) is 21.8. The smallest absolute Gasteiger partial charge is 0.335 e. The summed E-state index contributed by atoms with van der Waals surface area (Å²) in [5.41, 5.74) is 2.87. The predicted molar refractivity (Wildman–Crippen MR) is 168 cm³/mol. The number of carboxylic acids is 1. The minimum absolute atomic E-state index is 0.0209. The standard InChI is InChI=1S/C32H17Cl2FN2O4S2/c1-36-31-25(13-14-42-31)29-26-17-22(35)8-12-28(26)37(43(40,41)23-9-6-21(33)7-10-23)30(29)19-4-2-3-18(15-19)24-11-5-20(32(38)39)16-27(24)34/h2-17H,(H,38,39). The number of aromatic nitrogens is 1. The molecule has 0 bridgehead atoms. The van der Waals surface area contributed by atoms with Crippen LogP contribution in [-0.2, 0) is 10.0 Å². The van der Waals surface area contributed by atoms with E-state index in [1.54, 1.807) is 41.8 Å². The molecule has 11 heteroatoms. The van der Waals surface area contributed by atoms with E-state index in [2.05, 4.69) is 4.85 Å². The summed E-state index contributed by atoms with van der Waals surface area (Å²) in [4.78, 5) is 15.1. The van der Waals surface area contributed by atoms with Crippen LogP contribution in [0.3, 0.4) is 0 Å². The maximum atomic E-state index is 14.8. The first-order valence-corrected chi connectivity index (χ1v) is 15.6. The fourth-order valence-corrected chi connectivity index (χ4v) is 7.67. The van der Waals surface area contributed by atoms with E-state index in [4.69, 9.17) is 29.8 Å². The van der Waals surface area contributed by atoms with Crippen molar-refractivity contribution in [2.24, 2.45) is 0 Å². The summed E-state index contributed by atoms with van der Waals surface area (Å²) >= 11 is 13.7. The molecule has 2 heterocycles. The summed E-state index contributed by atoms with van der Waals surface area (Å²) in [6.45, 7) is 7.75. The molecule has 0 aliphatic carbocycles. The molecule has 43 heavy (non-hydrogen) atoms. The van der Waals surface area contributed by atoms with E-state index in [0.29, 0.717) is 43.2 Å². The van der Waals surface area contributed by atoms with E-state index in [0.717, 1.165) is 0 Å². The molecule has 6 rings (SSSR count). The number of hydrogen-bond acceptors (Lipinski definition) is 4. The van der Waals surface area contributed by atoms with Crippen molar-refractivity contribution in [3.8, 4) is 33.5 Å². The number of carboxylic acid groups (broad SMARTS) is 1. The van der Waals surface area contributed by atoms with Crippen LogP contribution in [0, 0.1) is 12.4 Å². The van der Waals surface area contributed by atoms with Crippen LogP contribution in [0.25, 0.3) is 49.3 Å². The number of benzene rings is 4. The predicted octanol–water partition coefficient (Wildman–Crippen LogP) is 9.64. The van der Waals surface area contributed by atoms with Gasteiger partial charge in [-0.05, 0) is 71.6 Å². The molecule has 0 unspecified atom stereocenters. The van der Waals surface area contributed by atoms with Gasteiger partial charge in [0.05, 0.1) is 28.2 Å². The van der Waals surface area contributed by atoms with Crippen molar-refractivity contribution in [3.05, 3.63) is 129 Å². The first kappa shape index (κ1) is 28.6. The molecule has 0 spiro atoms. The van der Waals surface area contributed by atoms with E-state index in [1.165, 1.54) is 69.9 Å². The highest BCUT2D eigenvalue weighted by Gasteiger charge is 2.30. The Bertz CT molecular complexity index is 2230. The third-order valence-electron chi connectivity index (χ3n) is 6.92. The van der Waals surface area contributed by atoms with E-state index >= 15 is 0 Å². The highest BCUT2D eigenvalue weighted by molar-refractivity contribution is 7.90. The topological polar surface area (TPSA) is 80.7 Å². The average molecular weight is 648 g/mol. The molecule has 0 aliphatic heterocycles. The molecular weight excluding hydrogens is 630 g/mol. The molecule has 6 nitrogen and oxygen atoms in total. The molecule has 0 aliphatic rings. The molecule has 1 N–H and O–H groups in total. The minimum Gasteiger partial charge on any atom is -0.478 e. The van der Waals surface area contributed by atoms with Gasteiger partial charge < -0.3 is 5.11 Å². The number of aromatic carboxylic acids is 1. The van der Waals surface area contributed by atoms with Crippen LogP contribution in [0.5, 0.6) is 0 Å². The van der Waals surface area contributed by atoms with Crippen molar-refractivity contribution < 1.29 is 22.7 Å². The molecule has 2 aromatic heterocycles. The lowest BCUT2D eigenvalue weighted by atomic mass is 9.96. The van der Waals surface area contributed by atoms with Gasteiger partial charge in [0.15, 0.2) is 0 Å². The Labute approximate surface area is 259 Å². The van der Waals surface area contributed by atoms with Gasteiger partial charge in [-0.15, -0.1) is 0 Å². The molecule has 6 aromatic rings. The lowest BCUT2D eigenvalue weighted by Crippen LogP contribution is -2.14. The molecule has 0 saturated heterocycles. The fraction of sp³-hybridized carbons (Fsp3) is 0. The Kier molecular flexibility index (Phi) is 7.32. The van der Waals surface area contributed by atoms with Crippen LogP contribution in [0.4, 0.5) is 9.39 Å². The number of carbonyl (C=O) groups is 1. The van der Waals surface area contributed by atoms with Gasteiger partial charge in [0.1, 0.15) is 5.82 Å². The number of hydrogen-bond donors (Lipinski definition) is 1. The Balaban J connectivity index is 1.72. The van der Waals surface area contributed by atoms with Crippen LogP contribution >= 0.6 is 34.5 Å². The number of halogens is 3. The average Bonchev–Trinajstić information content (AvgIpc) is 3.59. The van der Waals surface area contributed by atoms with E-state index in [1.807, 2.05) is 0 Å². The third kappa shape index (κ3) is 4.98. The normalized spacial score (nSPS) is 11.5. The maximum absolute atomic E-state index is 14.8. The Morgan fingerprint density at radius 3 is 2.35 bits per heavy atom. The van der Waals surface area contributed by atoms with Gasteiger partial charge in [-0.25, -0.2) is 26.4 Å². The zero-order valence-corrected chi connectivity index (χ0v) is 24.9. The van der Waals surface area contributed by atoms with Crippen molar-refractivity contribution in [1.82, 2.24) is 3.97 Å². The van der Waals surface area contributed by atoms with Crippen molar-refractivity contribution in [3.63, 3.8) is 0 Å². The highest BCUT2D eigenvalue weighted by Crippen LogP contribution is 2.48. The summed E-state index contributed by atoms with van der Waals surface area (Å²) in [6.07, 6.45) is 0. The summed E-state index contributed by atoms with van der Waals surface area (Å²) < 4.78 is 44.7. The second kappa shape index (κ2) is 11.0. The van der Waals surface area contributed by atoms with E-state index in [9.17, 15) is 22.7 Å². The molecule has 4 aromatic carbocycles. The number of fused-ring (bicyclic) bond motifs is 1. The highest BCUT2D eigenvalue weighted by atomic mass is 35.5. The first-order chi connectivity index (χ1) is 20.6. The second-order valence-electron chi connectivity index (χ2n) is 9.44. The van der Waals surface area contributed by atoms with Crippen LogP contribution in [-0.4, -0.2) is 23.5 Å². The first-order valence-electron chi connectivity index (χ1n) is 12.5. The lowest BCUT2D eigenvalue weighted by Gasteiger charge is -2.15. The van der Waals surface area contributed by atoms with Gasteiger partial charge in [0, 0.05) is 37.7 Å². The van der Waals surface area contributed by atoms with E-state index in [-0.39, 0.29) is 26.7 Å². The molecule has 0 fully saturated rings. The molecular formula is C32H17Cl2FN2O4S2. The fourth-order valence-electron chi connectivity index (χ4n) is 5.03. The van der Waals surface area contributed by atoms with Crippen molar-refractivity contribution >= 4 is 66.4 Å². The molecule has 0 radical (unpaired) electrons. The molecule has 0 saturated carbocycles. The van der Waals surface area contributed by atoms with Gasteiger partial charge in [0.2, 0.25) is 5.00 Å². The number of nitrogens with zero attached hydrogens (tertiary/aromatic N) is 2. The lowest BCUT2D eigenvalue weighted by molar-refractivity contribution is 0.0697. The SMILES string of the molecule is [C-]#[N+]c1sccc1-c1c(-c2cccc(-c3ccc(C(=O)O)cc3Cl)c2)n(S(=O)(=O)c2ccc(Cl)cc2)c2ccc(F)cc12. The maximum Gasteiger partial charge on any atom is 0.335 e. The van der Waals surface area contributed by atoms with Gasteiger partial charge in [-0.1, -0.05) is 53.5 Å². The van der Waals surface area contributed by atoms with Crippen molar-refractivity contribution in [1.29, 1.82) is 0 Å². The molecule has 0 atom stereocenters. The quantitative estimate of drug-likeness (QED) is 0.183. The molecule has 212 valence electrons. The Morgan fingerprint density at radius 1 is 0.907 bits per heavy atom. The van der Waals surface area contributed by atoms with Crippen molar-refractivity contribution in [2.75, 3.05) is 0 Å². The largest absolute Gasteiger partial charge is 0.478 e. The van der Waals surface area contributed by atoms with Crippen LogP contribution in [0.1, 0.15) is 10.4 Å². The zero-order chi connectivity index (χ0) is 30.5. The van der Waals surface area contributed by atoms with Gasteiger partial charge in [-0.3, -0.25) is 0 Å². The minimum atomic E-state index is -4.29. The summed E-state index contributed by atoms with van der Waals surface area (Å²) in [5, 5.41) is 12.3. The van der Waals surface area contributed by atoms with Crippen LogP contribution in [0.2, 0.25) is 10.0 Å². The second-order valence-corrected chi connectivity index (χ2v) is 13.0. The summed E-state index contributed by atoms with van der Waals surface area (Å²) in [7, 11) is -4.29. The molecule has 0 amide bonds. The van der Waals surface area contributed by atoms with Crippen LogP contribution < -0.4 is 0 Å². The van der Waals surface area contributed by atoms with Gasteiger partial charge >= 0.3 is 5.97 Å². The third-order valence-corrected chi connectivity index (χ3v) is 10.0. The van der Waals surface area contributed by atoms with Crippen molar-refractivity contribution in [2.45, 2.75) is 4.90 Å². The summed E-state index contributed by atoms with van der Waals surface area (Å²) in [5.74, 6) is -1.69. The summed E-state index contributed by atoms with van der Waals surface area (Å²) in [6, 6.07) is 22.6. The Hall–Kier alpha value is -4.46. The van der Waals surface area contributed by atoms with Gasteiger partial charge in [0.25, 0.3) is 10.0 Å². The van der Waals surface area contributed by atoms with Crippen LogP contribution in [0.15, 0.2) is 101 Å².